The first-order chi connectivity index (χ1) is 26.0. The monoisotopic (exact) mass is 810 g/mol. The van der Waals surface area contributed by atoms with E-state index in [1.54, 1.807) is 36.4 Å². The minimum Gasteiger partial charge on any atom is -0.441 e. The Hall–Kier alpha value is -2.47. The molecule has 4 N–H and O–H groups in total. The molecule has 0 amide bonds. The first-order valence-electron chi connectivity index (χ1n) is 16.5. The predicted molar refractivity (Wildman–Crippen MR) is 197 cm³/mol. The number of ether oxygens (including phenoxy) is 12. The van der Waals surface area contributed by atoms with Gasteiger partial charge in [0.2, 0.25) is 0 Å². The van der Waals surface area contributed by atoms with Gasteiger partial charge >= 0.3 is 25.9 Å². The second-order valence-corrected chi connectivity index (χ2v) is 13.7. The highest BCUT2D eigenvalue weighted by Gasteiger charge is 2.26. The van der Waals surface area contributed by atoms with Gasteiger partial charge in [-0.15, -0.1) is 0 Å². The van der Waals surface area contributed by atoms with Crippen molar-refractivity contribution in [2.24, 2.45) is 0 Å². The van der Waals surface area contributed by atoms with Gasteiger partial charge < -0.3 is 77.3 Å². The third kappa shape index (κ3) is 16.7. The molecule has 0 heterocycles. The van der Waals surface area contributed by atoms with Gasteiger partial charge in [0, 0.05) is 104 Å². The van der Waals surface area contributed by atoms with Gasteiger partial charge in [-0.1, -0.05) is 0 Å². The zero-order chi connectivity index (χ0) is 40.0. The van der Waals surface area contributed by atoms with Gasteiger partial charge in [-0.05, 0) is 35.4 Å². The molecule has 0 spiro atoms. The van der Waals surface area contributed by atoms with E-state index < -0.39 is 61.8 Å². The zero-order valence-electron chi connectivity index (χ0n) is 31.7. The molecule has 19 heteroatoms. The van der Waals surface area contributed by atoms with Crippen LogP contribution in [0.25, 0.3) is 0 Å². The van der Waals surface area contributed by atoms with Crippen LogP contribution in [-0.4, -0.2) is 146 Å². The molecule has 0 aliphatic carbocycles. The Balaban J connectivity index is 2.59. The molecule has 54 heavy (non-hydrogen) atoms. The van der Waals surface area contributed by atoms with E-state index in [9.17, 15) is 25.2 Å². The highest BCUT2D eigenvalue weighted by Crippen LogP contribution is 2.42. The van der Waals surface area contributed by atoms with Crippen LogP contribution in [0.2, 0.25) is 0 Å². The van der Waals surface area contributed by atoms with Gasteiger partial charge in [0.05, 0.1) is 25.4 Å². The van der Waals surface area contributed by atoms with Crippen molar-refractivity contribution in [1.29, 1.82) is 0 Å². The zero-order valence-corrected chi connectivity index (χ0v) is 33.4. The summed E-state index contributed by atoms with van der Waals surface area (Å²) in [7, 11) is 11.2. The number of aliphatic hydroxyl groups is 4. The Morgan fingerprint density at radius 1 is 0.500 bits per heavy atom. The quantitative estimate of drug-likeness (QED) is 0.0837. The second kappa shape index (κ2) is 26.4. The largest absolute Gasteiger partial charge is 0.441 e. The number of methoxy groups -OCH3 is 8. The van der Waals surface area contributed by atoms with Crippen LogP contribution in [0, 0.1) is 0 Å². The van der Waals surface area contributed by atoms with E-state index in [-0.39, 0.29) is 53.1 Å². The molecule has 0 aromatic heterocycles. The lowest BCUT2D eigenvalue weighted by Gasteiger charge is -2.24. The van der Waals surface area contributed by atoms with Crippen molar-refractivity contribution in [3.8, 4) is 23.0 Å². The second-order valence-electron chi connectivity index (χ2n) is 11.3. The summed E-state index contributed by atoms with van der Waals surface area (Å²) in [6.45, 7) is -5.22. The molecule has 0 fully saturated rings. The maximum absolute atomic E-state index is 14.1. The fourth-order valence-corrected chi connectivity index (χ4v) is 7.03. The molecule has 0 radical (unpaired) electrons. The van der Waals surface area contributed by atoms with Gasteiger partial charge in [-0.25, -0.2) is 0 Å². The fraction of sp³-hybridized carbons (Fsp3) is 0.629. The topological polar surface area (TPSA) is 209 Å². The molecule has 0 saturated carbocycles. The summed E-state index contributed by atoms with van der Waals surface area (Å²) in [4.78, 5) is 14.1. The molecule has 4 unspecified atom stereocenters. The number of thioether (sulfide) groups is 2. The van der Waals surface area contributed by atoms with Crippen molar-refractivity contribution in [3.63, 3.8) is 0 Å². The number of hydrogen-bond donors (Lipinski definition) is 4. The number of aliphatic hydroxyl groups excluding tert-OH is 4. The van der Waals surface area contributed by atoms with E-state index in [1.165, 1.54) is 80.4 Å². The SMILES string of the molecule is COC(OC)Oc1cc(OC(OC)OC)cc(C(CC(=O)CC(SCC(O)CO)c2cc(OC(OC)OC)cc(OC(OC)OC)c2)SCC(O)CO)c1. The molecule has 17 nitrogen and oxygen atoms in total. The van der Waals surface area contributed by atoms with Crippen LogP contribution >= 0.6 is 23.5 Å². The third-order valence-electron chi connectivity index (χ3n) is 7.24. The number of benzene rings is 2. The number of carbonyl (C=O) groups is 1. The Kier molecular flexibility index (Phi) is 23.3. The Bertz CT molecular complexity index is 1160. The van der Waals surface area contributed by atoms with Gasteiger partial charge in [0.1, 0.15) is 28.8 Å². The Morgan fingerprint density at radius 2 is 0.759 bits per heavy atom. The Labute approximate surface area is 324 Å². The van der Waals surface area contributed by atoms with Crippen LogP contribution in [0.1, 0.15) is 34.5 Å². The van der Waals surface area contributed by atoms with Gasteiger partial charge in [-0.2, -0.15) is 23.5 Å². The standard InChI is InChI=1S/C35H54O17S2/c1-41-32(42-2)49-26-9-21(10-27(15-26)50-33(43-3)44-4)30(53-19-24(39)17-36)13-23(38)14-31(54-20-25(40)18-37)22-11-28(51-34(45-5)46-6)16-29(12-22)52-35(47-7)48-8/h9-12,15-16,24-25,30-37,39-40H,13-14,17-20H2,1-8H3. The number of Topliss-reactive ketones (excluding diaryl/α,β-unsaturated/α-hetero) is 1. The highest BCUT2D eigenvalue weighted by atomic mass is 32.2. The molecule has 0 saturated heterocycles. The molecular formula is C35H54O17S2. The fourth-order valence-electron chi connectivity index (χ4n) is 4.65. The lowest BCUT2D eigenvalue weighted by molar-refractivity contribution is -0.222. The minimum atomic E-state index is -1.07. The molecule has 2 rings (SSSR count). The van der Waals surface area contributed by atoms with Gasteiger partial charge in [-0.3, -0.25) is 4.79 Å². The number of ketones is 1. The molecular weight excluding hydrogens is 757 g/mol. The van der Waals surface area contributed by atoms with Crippen molar-refractivity contribution in [3.05, 3.63) is 47.5 Å². The first-order valence-corrected chi connectivity index (χ1v) is 18.6. The van der Waals surface area contributed by atoms with E-state index in [0.29, 0.717) is 11.1 Å². The number of carbonyl (C=O) groups excluding carboxylic acids is 1. The van der Waals surface area contributed by atoms with Crippen LogP contribution in [0.4, 0.5) is 0 Å². The summed E-state index contributed by atoms with van der Waals surface area (Å²) in [5.41, 5.74) is 1.15. The smallest absolute Gasteiger partial charge is 0.315 e. The summed E-state index contributed by atoms with van der Waals surface area (Å²) in [6, 6.07) is 9.86. The van der Waals surface area contributed by atoms with Crippen molar-refractivity contribution in [2.75, 3.05) is 81.6 Å². The lowest BCUT2D eigenvalue weighted by Crippen LogP contribution is -2.22. The summed E-state index contributed by atoms with van der Waals surface area (Å²) < 4.78 is 65.0. The van der Waals surface area contributed by atoms with Crippen LogP contribution in [0.3, 0.4) is 0 Å². The van der Waals surface area contributed by atoms with Gasteiger partial charge in [0.15, 0.2) is 0 Å². The molecule has 2 aromatic rings. The molecule has 308 valence electrons. The van der Waals surface area contributed by atoms with E-state index in [2.05, 4.69) is 0 Å². The van der Waals surface area contributed by atoms with E-state index in [4.69, 9.17) is 56.8 Å². The van der Waals surface area contributed by atoms with Crippen LogP contribution in [0.15, 0.2) is 36.4 Å². The molecule has 0 aliphatic rings. The lowest BCUT2D eigenvalue weighted by atomic mass is 10.0. The predicted octanol–water partition coefficient (Wildman–Crippen LogP) is 2.81. The van der Waals surface area contributed by atoms with Crippen LogP contribution in [-0.2, 0) is 42.7 Å². The summed E-state index contributed by atoms with van der Waals surface area (Å²) in [5, 5.41) is 38.5. The third-order valence-corrected chi connectivity index (χ3v) is 10.1. The molecule has 2 aromatic carbocycles. The van der Waals surface area contributed by atoms with Crippen molar-refractivity contribution in [2.45, 2.75) is 61.5 Å². The van der Waals surface area contributed by atoms with Gasteiger partial charge in [0.25, 0.3) is 0 Å². The van der Waals surface area contributed by atoms with E-state index in [1.807, 2.05) is 0 Å². The Morgan fingerprint density at radius 3 is 0.981 bits per heavy atom. The summed E-state index contributed by atoms with van der Waals surface area (Å²) >= 11 is 2.49. The number of rotatable bonds is 30. The maximum atomic E-state index is 14.1. The number of hydrogen-bond acceptors (Lipinski definition) is 19. The highest BCUT2D eigenvalue weighted by molar-refractivity contribution is 7.99. The maximum Gasteiger partial charge on any atom is 0.315 e. The summed E-state index contributed by atoms with van der Waals surface area (Å²) in [6.07, 6.45) is -2.22. The normalized spacial score (nSPS) is 14.1. The molecule has 4 atom stereocenters. The average molecular weight is 811 g/mol. The first kappa shape index (κ1) is 47.7. The average Bonchev–Trinajstić information content (AvgIpc) is 3.19. The molecule has 0 aliphatic heterocycles. The molecule has 0 bridgehead atoms. The van der Waals surface area contributed by atoms with Crippen LogP contribution < -0.4 is 18.9 Å². The van der Waals surface area contributed by atoms with E-state index >= 15 is 0 Å². The van der Waals surface area contributed by atoms with Crippen molar-refractivity contribution in [1.82, 2.24) is 0 Å². The van der Waals surface area contributed by atoms with Crippen LogP contribution in [0.5, 0.6) is 23.0 Å². The summed E-state index contributed by atoms with van der Waals surface area (Å²) in [5.74, 6) is 1.07. The van der Waals surface area contributed by atoms with Crippen molar-refractivity contribution >= 4 is 29.3 Å². The van der Waals surface area contributed by atoms with Crippen molar-refractivity contribution < 1.29 is 82.1 Å². The van der Waals surface area contributed by atoms with E-state index in [0.717, 1.165) is 0 Å². The minimum absolute atomic E-state index is 0.0499.